The Hall–Kier alpha value is -3.61. The van der Waals surface area contributed by atoms with E-state index in [1.165, 1.54) is 18.2 Å². The van der Waals surface area contributed by atoms with Gasteiger partial charge in [-0.25, -0.2) is 18.2 Å². The highest BCUT2D eigenvalue weighted by Gasteiger charge is 2.49. The zero-order valence-corrected chi connectivity index (χ0v) is 26.1. The minimum absolute atomic E-state index is 0.00127. The van der Waals surface area contributed by atoms with Crippen LogP contribution in [0.1, 0.15) is 39.0 Å². The molecule has 4 aliphatic heterocycles. The van der Waals surface area contributed by atoms with E-state index in [4.69, 9.17) is 26.1 Å². The monoisotopic (exact) mass is 654 g/mol. The van der Waals surface area contributed by atoms with Crippen molar-refractivity contribution in [2.24, 2.45) is 0 Å². The van der Waals surface area contributed by atoms with E-state index in [0.29, 0.717) is 37.3 Å². The lowest BCUT2D eigenvalue weighted by molar-refractivity contribution is 0.107. The number of anilines is 1. The van der Waals surface area contributed by atoms with Gasteiger partial charge in [0.25, 0.3) is 0 Å². The molecule has 4 aliphatic rings. The number of phenolic OH excluding ortho intramolecular Hbond substituents is 1. The zero-order chi connectivity index (χ0) is 31.7. The summed E-state index contributed by atoms with van der Waals surface area (Å²) in [6.07, 6.45) is 3.21. The van der Waals surface area contributed by atoms with Crippen LogP contribution in [0.4, 0.5) is 19.0 Å². The summed E-state index contributed by atoms with van der Waals surface area (Å²) in [5, 5.41) is 14.6. The van der Waals surface area contributed by atoms with Crippen LogP contribution < -0.4 is 19.7 Å². The number of hydrogen-bond acceptors (Lipinski definition) is 9. The predicted molar refractivity (Wildman–Crippen MR) is 169 cm³/mol. The molecule has 6 heterocycles. The molecule has 0 saturated carbocycles. The molecule has 242 valence electrons. The Morgan fingerprint density at radius 1 is 1.04 bits per heavy atom. The first-order valence-electron chi connectivity index (χ1n) is 15.9. The summed E-state index contributed by atoms with van der Waals surface area (Å²) >= 11 is 6.14. The van der Waals surface area contributed by atoms with Crippen molar-refractivity contribution in [1.82, 2.24) is 25.2 Å². The first kappa shape index (κ1) is 29.8. The molecular weight excluding hydrogens is 621 g/mol. The van der Waals surface area contributed by atoms with Crippen molar-refractivity contribution in [3.63, 3.8) is 0 Å². The van der Waals surface area contributed by atoms with Crippen LogP contribution in [0.25, 0.3) is 32.9 Å². The molecule has 4 aromatic rings. The lowest BCUT2D eigenvalue weighted by atomic mass is 9.95. The highest BCUT2D eigenvalue weighted by atomic mass is 35.5. The molecule has 0 radical (unpaired) electrons. The van der Waals surface area contributed by atoms with Crippen molar-refractivity contribution in [2.75, 3.05) is 44.3 Å². The molecule has 9 nitrogen and oxygen atoms in total. The van der Waals surface area contributed by atoms with Crippen LogP contribution >= 0.6 is 11.6 Å². The van der Waals surface area contributed by atoms with Crippen LogP contribution in [0, 0.1) is 11.6 Å². The summed E-state index contributed by atoms with van der Waals surface area (Å²) < 4.78 is 59.3. The smallest absolute Gasteiger partial charge is 0.319 e. The molecule has 2 bridgehead atoms. The summed E-state index contributed by atoms with van der Waals surface area (Å²) in [6.45, 7) is 4.62. The third-order valence-corrected chi connectivity index (χ3v) is 10.3. The lowest BCUT2D eigenvalue weighted by Gasteiger charge is -2.35. The summed E-state index contributed by atoms with van der Waals surface area (Å²) in [6, 6.07) is 6.02. The van der Waals surface area contributed by atoms with Gasteiger partial charge < -0.3 is 24.8 Å². The van der Waals surface area contributed by atoms with Gasteiger partial charge >= 0.3 is 6.01 Å². The average Bonchev–Trinajstić information content (AvgIpc) is 3.68. The van der Waals surface area contributed by atoms with Gasteiger partial charge in [0.1, 0.15) is 46.8 Å². The van der Waals surface area contributed by atoms with Gasteiger partial charge in [-0.3, -0.25) is 4.90 Å². The van der Waals surface area contributed by atoms with Crippen LogP contribution in [0.15, 0.2) is 24.3 Å². The van der Waals surface area contributed by atoms with Crippen LogP contribution in [0.5, 0.6) is 17.6 Å². The molecule has 8 rings (SSSR count). The zero-order valence-electron chi connectivity index (χ0n) is 25.3. The number of rotatable bonds is 7. The second kappa shape index (κ2) is 11.3. The van der Waals surface area contributed by atoms with E-state index < -0.39 is 23.3 Å². The molecule has 13 heteroatoms. The van der Waals surface area contributed by atoms with Crippen molar-refractivity contribution in [1.29, 1.82) is 0 Å². The number of aromatic nitrogens is 3. The third kappa shape index (κ3) is 4.87. The highest BCUT2D eigenvalue weighted by molar-refractivity contribution is 6.31. The Morgan fingerprint density at radius 3 is 2.63 bits per heavy atom. The van der Waals surface area contributed by atoms with Gasteiger partial charge in [0, 0.05) is 49.1 Å². The van der Waals surface area contributed by atoms with E-state index in [0.717, 1.165) is 32.2 Å². The van der Waals surface area contributed by atoms with Crippen molar-refractivity contribution >= 4 is 39.1 Å². The fraction of sp³-hybridized carbons (Fsp3) is 0.485. The summed E-state index contributed by atoms with van der Waals surface area (Å²) in [4.78, 5) is 18.2. The van der Waals surface area contributed by atoms with Crippen LogP contribution in [0.2, 0.25) is 5.02 Å². The first-order chi connectivity index (χ1) is 22.2. The molecule has 0 amide bonds. The van der Waals surface area contributed by atoms with Crippen LogP contribution in [-0.2, 0) is 0 Å². The number of phenols is 1. The Labute approximate surface area is 268 Å². The molecule has 2 aromatic heterocycles. The maximum Gasteiger partial charge on any atom is 0.319 e. The fourth-order valence-electron chi connectivity index (χ4n) is 8.00. The van der Waals surface area contributed by atoms with Crippen molar-refractivity contribution in [2.45, 2.75) is 62.8 Å². The van der Waals surface area contributed by atoms with E-state index in [-0.39, 0.29) is 75.5 Å². The normalized spacial score (nSPS) is 25.9. The lowest BCUT2D eigenvalue weighted by Crippen LogP contribution is -2.51. The maximum atomic E-state index is 17.0. The minimum atomic E-state index is -0.931. The number of alkyl halides is 1. The Morgan fingerprint density at radius 2 is 1.85 bits per heavy atom. The number of halogens is 4. The highest BCUT2D eigenvalue weighted by Crippen LogP contribution is 2.44. The Kier molecular flexibility index (Phi) is 7.30. The maximum absolute atomic E-state index is 17.0. The number of nitrogens with one attached hydrogen (secondary N) is 1. The van der Waals surface area contributed by atoms with Gasteiger partial charge in [-0.15, -0.1) is 0 Å². The number of benzene rings is 2. The van der Waals surface area contributed by atoms with Gasteiger partial charge in [0.2, 0.25) is 5.88 Å². The SMILES string of the molecule is CCOc1nc(-c2cc(O)cc3ccc(Cl)c(F)c23)c(F)c2nc(OC[C@@]34CCCN3C[C@H](F)C4)nc(N3C[C@H]4CC[C@@H](C3)N4)c12. The van der Waals surface area contributed by atoms with Crippen molar-refractivity contribution < 1.29 is 27.8 Å². The average molecular weight is 655 g/mol. The number of fused-ring (bicyclic) bond motifs is 5. The summed E-state index contributed by atoms with van der Waals surface area (Å²) in [5.74, 6) is -1.29. The Bertz CT molecular complexity index is 1850. The molecule has 2 N–H and O–H groups in total. The fourth-order valence-corrected chi connectivity index (χ4v) is 8.16. The minimum Gasteiger partial charge on any atom is -0.508 e. The van der Waals surface area contributed by atoms with Gasteiger partial charge in [-0.2, -0.15) is 9.97 Å². The van der Waals surface area contributed by atoms with Gasteiger partial charge in [0.15, 0.2) is 5.82 Å². The number of nitrogens with zero attached hydrogens (tertiary/aromatic N) is 5. The van der Waals surface area contributed by atoms with E-state index in [2.05, 4.69) is 25.1 Å². The van der Waals surface area contributed by atoms with Crippen LogP contribution in [0.3, 0.4) is 0 Å². The van der Waals surface area contributed by atoms with E-state index in [9.17, 15) is 9.50 Å². The standard InChI is InChI=1S/C33H34ClF3N6O3/c1-2-45-31-25-29(27(37)28(39-31)22-11-21(44)10-17-4-7-23(34)26(36)24(17)22)40-32(41-30(25)42-14-19-5-6-20(15-42)38-19)46-16-33-8-3-9-43(33)13-18(35)12-33/h4,7,10-11,18-20,38,44H,2-3,5-6,8-9,12-16H2,1H3/t18-,19-,20+,33+/m1/s1. The summed E-state index contributed by atoms with van der Waals surface area (Å²) in [7, 11) is 0. The Balaban J connectivity index is 1.32. The molecule has 0 aliphatic carbocycles. The van der Waals surface area contributed by atoms with Crippen molar-refractivity contribution in [3.8, 4) is 28.9 Å². The molecular formula is C33H34ClF3N6O3. The number of pyridine rings is 1. The molecule has 46 heavy (non-hydrogen) atoms. The number of hydrogen-bond donors (Lipinski definition) is 2. The number of ether oxygens (including phenoxy) is 2. The van der Waals surface area contributed by atoms with E-state index in [1.54, 1.807) is 13.0 Å². The van der Waals surface area contributed by atoms with Crippen LogP contribution in [-0.4, -0.2) is 88.1 Å². The second-order valence-electron chi connectivity index (χ2n) is 12.9. The molecule has 2 aromatic carbocycles. The molecule has 4 fully saturated rings. The van der Waals surface area contributed by atoms with Gasteiger partial charge in [0.05, 0.1) is 17.2 Å². The van der Waals surface area contributed by atoms with Crippen molar-refractivity contribution in [3.05, 3.63) is 40.9 Å². The van der Waals surface area contributed by atoms with Gasteiger partial charge in [-0.05, 0) is 62.7 Å². The molecule has 4 atom stereocenters. The molecule has 0 spiro atoms. The third-order valence-electron chi connectivity index (χ3n) is 9.99. The largest absolute Gasteiger partial charge is 0.508 e. The molecule has 0 unspecified atom stereocenters. The molecule has 4 saturated heterocycles. The predicted octanol–water partition coefficient (Wildman–Crippen LogP) is 5.78. The topological polar surface area (TPSA) is 95.9 Å². The summed E-state index contributed by atoms with van der Waals surface area (Å²) in [5.41, 5.74) is -0.819. The number of piperazine rings is 1. The number of aromatic hydroxyl groups is 1. The first-order valence-corrected chi connectivity index (χ1v) is 16.3. The van der Waals surface area contributed by atoms with E-state index in [1.807, 2.05) is 0 Å². The second-order valence-corrected chi connectivity index (χ2v) is 13.3. The van der Waals surface area contributed by atoms with Gasteiger partial charge in [-0.1, -0.05) is 17.7 Å². The van der Waals surface area contributed by atoms with E-state index >= 15 is 8.78 Å². The quantitative estimate of drug-likeness (QED) is 0.257.